The summed E-state index contributed by atoms with van der Waals surface area (Å²) in [5.41, 5.74) is 0. The average molecular weight is 331 g/mol. The molecule has 0 radical (unpaired) electrons. The highest BCUT2D eigenvalue weighted by Gasteiger charge is 2.10. The van der Waals surface area contributed by atoms with Crippen molar-refractivity contribution in [2.75, 3.05) is 26.3 Å². The van der Waals surface area contributed by atoms with Gasteiger partial charge in [0.1, 0.15) is 12.4 Å². The van der Waals surface area contributed by atoms with E-state index in [2.05, 4.69) is 34.5 Å². The third kappa shape index (κ3) is 7.92. The Balaban J connectivity index is 2.39. The van der Waals surface area contributed by atoms with Crippen molar-refractivity contribution in [1.82, 2.24) is 20.2 Å². The number of alkyl halides is 2. The normalized spacial score (nSPS) is 12.2. The Kier molecular flexibility index (Phi) is 9.20. The SMILES string of the molecule is CCNC(=NCc1nccn1C(F)F)NCCCOCC(C)C. The first-order valence-corrected chi connectivity index (χ1v) is 7.94. The van der Waals surface area contributed by atoms with E-state index >= 15 is 0 Å². The Morgan fingerprint density at radius 1 is 1.39 bits per heavy atom. The van der Waals surface area contributed by atoms with Crippen LogP contribution < -0.4 is 10.6 Å². The third-order valence-corrected chi connectivity index (χ3v) is 2.89. The van der Waals surface area contributed by atoms with Gasteiger partial charge in [0.25, 0.3) is 0 Å². The van der Waals surface area contributed by atoms with E-state index in [-0.39, 0.29) is 12.4 Å². The molecule has 0 saturated heterocycles. The summed E-state index contributed by atoms with van der Waals surface area (Å²) in [7, 11) is 0. The van der Waals surface area contributed by atoms with Gasteiger partial charge in [-0.2, -0.15) is 8.78 Å². The van der Waals surface area contributed by atoms with Gasteiger partial charge in [0.15, 0.2) is 5.96 Å². The number of nitrogens with zero attached hydrogens (tertiary/aromatic N) is 3. The minimum Gasteiger partial charge on any atom is -0.381 e. The predicted octanol–water partition coefficient (Wildman–Crippen LogP) is 2.40. The summed E-state index contributed by atoms with van der Waals surface area (Å²) in [5, 5.41) is 6.23. The van der Waals surface area contributed by atoms with Gasteiger partial charge in [0.05, 0.1) is 0 Å². The second-order valence-corrected chi connectivity index (χ2v) is 5.47. The summed E-state index contributed by atoms with van der Waals surface area (Å²) in [5.74, 6) is 1.35. The number of ether oxygens (including phenoxy) is 1. The molecule has 2 N–H and O–H groups in total. The van der Waals surface area contributed by atoms with Crippen molar-refractivity contribution in [3.63, 3.8) is 0 Å². The molecule has 23 heavy (non-hydrogen) atoms. The number of guanidine groups is 1. The van der Waals surface area contributed by atoms with Crippen molar-refractivity contribution < 1.29 is 13.5 Å². The lowest BCUT2D eigenvalue weighted by Crippen LogP contribution is -2.38. The first-order valence-electron chi connectivity index (χ1n) is 7.94. The number of hydrogen-bond donors (Lipinski definition) is 2. The molecule has 6 nitrogen and oxygen atoms in total. The summed E-state index contributed by atoms with van der Waals surface area (Å²) in [6, 6.07) is 0. The number of rotatable bonds is 10. The van der Waals surface area contributed by atoms with Crippen LogP contribution in [0.2, 0.25) is 0 Å². The zero-order valence-corrected chi connectivity index (χ0v) is 14.1. The largest absolute Gasteiger partial charge is 0.381 e. The second-order valence-electron chi connectivity index (χ2n) is 5.47. The quantitative estimate of drug-likeness (QED) is 0.393. The number of halogens is 2. The average Bonchev–Trinajstić information content (AvgIpc) is 2.96. The van der Waals surface area contributed by atoms with Crippen LogP contribution in [-0.4, -0.2) is 41.8 Å². The molecule has 0 bridgehead atoms. The molecule has 8 heteroatoms. The van der Waals surface area contributed by atoms with E-state index in [4.69, 9.17) is 4.74 Å². The van der Waals surface area contributed by atoms with Crippen LogP contribution in [0.15, 0.2) is 17.4 Å². The summed E-state index contributed by atoms with van der Waals surface area (Å²) >= 11 is 0. The van der Waals surface area contributed by atoms with Crippen LogP contribution in [0.25, 0.3) is 0 Å². The Hall–Kier alpha value is -1.70. The molecule has 0 aliphatic carbocycles. The van der Waals surface area contributed by atoms with Crippen molar-refractivity contribution in [3.8, 4) is 0 Å². The fraction of sp³-hybridized carbons (Fsp3) is 0.733. The standard InChI is InChI=1S/C15H27F2N5O/c1-4-18-15(20-6-5-9-23-11-12(2)3)21-10-13-19-7-8-22(13)14(16)17/h7-8,12,14H,4-6,9-11H2,1-3H3,(H2,18,20,21). The first-order chi connectivity index (χ1) is 11.0. The molecule has 0 spiro atoms. The predicted molar refractivity (Wildman–Crippen MR) is 86.6 cm³/mol. The number of hydrogen-bond acceptors (Lipinski definition) is 3. The molecule has 1 heterocycles. The van der Waals surface area contributed by atoms with Crippen LogP contribution >= 0.6 is 0 Å². The zero-order chi connectivity index (χ0) is 17.1. The smallest absolute Gasteiger partial charge is 0.319 e. The second kappa shape index (κ2) is 10.9. The first kappa shape index (κ1) is 19.3. The molecule has 0 unspecified atom stereocenters. The van der Waals surface area contributed by atoms with Crippen molar-refractivity contribution in [1.29, 1.82) is 0 Å². The van der Waals surface area contributed by atoms with Gasteiger partial charge in [0, 0.05) is 38.7 Å². The van der Waals surface area contributed by atoms with E-state index in [0.29, 0.717) is 31.6 Å². The maximum absolute atomic E-state index is 12.7. The molecule has 0 aliphatic heterocycles. The summed E-state index contributed by atoms with van der Waals surface area (Å²) < 4.78 is 31.8. The molecule has 0 fully saturated rings. The van der Waals surface area contributed by atoms with E-state index in [1.807, 2.05) is 6.92 Å². The van der Waals surface area contributed by atoms with Crippen molar-refractivity contribution in [2.24, 2.45) is 10.9 Å². The molecule has 0 saturated carbocycles. The zero-order valence-electron chi connectivity index (χ0n) is 14.1. The Morgan fingerprint density at radius 2 is 2.17 bits per heavy atom. The molecule has 132 valence electrons. The summed E-state index contributed by atoms with van der Waals surface area (Å²) in [4.78, 5) is 8.19. The minimum absolute atomic E-state index is 0.0938. The van der Waals surface area contributed by atoms with E-state index in [9.17, 15) is 8.78 Å². The van der Waals surface area contributed by atoms with Gasteiger partial charge < -0.3 is 15.4 Å². The lowest BCUT2D eigenvalue weighted by molar-refractivity contribution is 0.0671. The highest BCUT2D eigenvalue weighted by Crippen LogP contribution is 2.12. The van der Waals surface area contributed by atoms with Gasteiger partial charge in [-0.3, -0.25) is 4.57 Å². The Labute approximate surface area is 136 Å². The monoisotopic (exact) mass is 331 g/mol. The van der Waals surface area contributed by atoms with Crippen molar-refractivity contribution in [3.05, 3.63) is 18.2 Å². The summed E-state index contributed by atoms with van der Waals surface area (Å²) in [6.07, 6.45) is 3.45. The maximum atomic E-state index is 12.7. The molecule has 1 aromatic heterocycles. The fourth-order valence-corrected chi connectivity index (χ4v) is 1.84. The van der Waals surface area contributed by atoms with Crippen LogP contribution in [0.4, 0.5) is 8.78 Å². The van der Waals surface area contributed by atoms with E-state index in [1.165, 1.54) is 12.4 Å². The number of nitrogens with one attached hydrogen (secondary N) is 2. The molecule has 1 aromatic rings. The third-order valence-electron chi connectivity index (χ3n) is 2.89. The lowest BCUT2D eigenvalue weighted by atomic mass is 10.2. The Morgan fingerprint density at radius 3 is 2.83 bits per heavy atom. The minimum atomic E-state index is -2.60. The molecule has 0 amide bonds. The van der Waals surface area contributed by atoms with Crippen molar-refractivity contribution in [2.45, 2.75) is 40.3 Å². The molecule has 0 aliphatic rings. The van der Waals surface area contributed by atoms with E-state index in [0.717, 1.165) is 17.6 Å². The van der Waals surface area contributed by atoms with Gasteiger partial charge in [0.2, 0.25) is 0 Å². The molecule has 1 rings (SSSR count). The van der Waals surface area contributed by atoms with Gasteiger partial charge in [-0.05, 0) is 19.3 Å². The van der Waals surface area contributed by atoms with Gasteiger partial charge in [-0.15, -0.1) is 0 Å². The van der Waals surface area contributed by atoms with E-state index < -0.39 is 6.55 Å². The van der Waals surface area contributed by atoms with Crippen molar-refractivity contribution >= 4 is 5.96 Å². The summed E-state index contributed by atoms with van der Waals surface area (Å²) in [6.45, 7) is 6.49. The maximum Gasteiger partial charge on any atom is 0.319 e. The Bertz CT molecular complexity index is 462. The van der Waals surface area contributed by atoms with Gasteiger partial charge in [-0.25, -0.2) is 9.98 Å². The number of aliphatic imine (C=N–C) groups is 1. The molecular weight excluding hydrogens is 304 g/mol. The fourth-order valence-electron chi connectivity index (χ4n) is 1.84. The lowest BCUT2D eigenvalue weighted by Gasteiger charge is -2.12. The van der Waals surface area contributed by atoms with Crippen LogP contribution in [0.1, 0.15) is 39.6 Å². The van der Waals surface area contributed by atoms with Crippen LogP contribution in [-0.2, 0) is 11.3 Å². The van der Waals surface area contributed by atoms with Crippen LogP contribution in [0.3, 0.4) is 0 Å². The molecule has 0 aromatic carbocycles. The number of imidazole rings is 1. The molecular formula is C15H27F2N5O. The van der Waals surface area contributed by atoms with Crippen LogP contribution in [0.5, 0.6) is 0 Å². The van der Waals surface area contributed by atoms with Crippen LogP contribution in [0, 0.1) is 5.92 Å². The van der Waals surface area contributed by atoms with Gasteiger partial charge >= 0.3 is 6.55 Å². The number of aromatic nitrogens is 2. The van der Waals surface area contributed by atoms with E-state index in [1.54, 1.807) is 0 Å². The van der Waals surface area contributed by atoms with Gasteiger partial charge in [-0.1, -0.05) is 13.8 Å². The topological polar surface area (TPSA) is 63.5 Å². The highest BCUT2D eigenvalue weighted by atomic mass is 19.3. The molecule has 0 atom stereocenters. The highest BCUT2D eigenvalue weighted by molar-refractivity contribution is 5.79.